The quantitative estimate of drug-likeness (QED) is 0.213. The van der Waals surface area contributed by atoms with E-state index >= 15 is 0 Å². The number of amides is 1. The minimum Gasteiger partial charge on any atom is -0.493 e. The molecule has 0 aliphatic heterocycles. The second-order valence-corrected chi connectivity index (χ2v) is 8.98. The van der Waals surface area contributed by atoms with Crippen molar-refractivity contribution in [2.75, 3.05) is 6.61 Å². The molecule has 1 atom stereocenters. The molecule has 0 saturated heterocycles. The molecule has 5 heteroatoms. The van der Waals surface area contributed by atoms with Crippen LogP contribution < -0.4 is 10.1 Å². The van der Waals surface area contributed by atoms with Crippen LogP contribution in [0.1, 0.15) is 56.1 Å². The zero-order chi connectivity index (χ0) is 24.6. The van der Waals surface area contributed by atoms with E-state index in [9.17, 15) is 4.79 Å². The third-order valence-corrected chi connectivity index (χ3v) is 5.98. The van der Waals surface area contributed by atoms with Crippen molar-refractivity contribution in [3.05, 3.63) is 102 Å². The highest BCUT2D eigenvalue weighted by atomic mass is 16.5. The van der Waals surface area contributed by atoms with E-state index in [-0.39, 0.29) is 11.9 Å². The summed E-state index contributed by atoms with van der Waals surface area (Å²) in [5, 5.41) is 3.06. The number of para-hydroxylation sites is 3. The zero-order valence-electron chi connectivity index (χ0n) is 20.6. The fourth-order valence-corrected chi connectivity index (χ4v) is 4.22. The Morgan fingerprint density at radius 2 is 1.69 bits per heavy atom. The van der Waals surface area contributed by atoms with Gasteiger partial charge >= 0.3 is 0 Å². The first-order valence-corrected chi connectivity index (χ1v) is 12.2. The van der Waals surface area contributed by atoms with Gasteiger partial charge in [0.15, 0.2) is 0 Å². The summed E-state index contributed by atoms with van der Waals surface area (Å²) in [7, 11) is 0. The minimum absolute atomic E-state index is 0.145. The van der Waals surface area contributed by atoms with Crippen molar-refractivity contribution in [3.63, 3.8) is 0 Å². The number of carbonyl (C=O) groups excluding carboxylic acids is 1. The molecule has 0 spiro atoms. The maximum absolute atomic E-state index is 12.6. The molecule has 1 aromatic heterocycles. The number of hydrogen-bond donors (Lipinski definition) is 1. The lowest BCUT2D eigenvalue weighted by Crippen LogP contribution is -2.27. The monoisotopic (exact) mass is 467 g/mol. The van der Waals surface area contributed by atoms with Gasteiger partial charge in [0.1, 0.15) is 11.6 Å². The van der Waals surface area contributed by atoms with Gasteiger partial charge in [0, 0.05) is 12.6 Å². The van der Waals surface area contributed by atoms with Crippen LogP contribution in [0.2, 0.25) is 0 Å². The van der Waals surface area contributed by atoms with E-state index in [2.05, 4.69) is 41.9 Å². The fraction of sp³-hybridized carbons (Fsp3) is 0.267. The largest absolute Gasteiger partial charge is 0.493 e. The Kier molecular flexibility index (Phi) is 7.99. The second kappa shape index (κ2) is 11.5. The third-order valence-electron chi connectivity index (χ3n) is 5.98. The average molecular weight is 468 g/mol. The first kappa shape index (κ1) is 24.3. The first-order chi connectivity index (χ1) is 17.0. The van der Waals surface area contributed by atoms with Crippen molar-refractivity contribution in [1.29, 1.82) is 0 Å². The van der Waals surface area contributed by atoms with E-state index in [0.717, 1.165) is 41.1 Å². The van der Waals surface area contributed by atoms with Crippen LogP contribution >= 0.6 is 0 Å². The van der Waals surface area contributed by atoms with Gasteiger partial charge in [-0.3, -0.25) is 4.79 Å². The van der Waals surface area contributed by atoms with E-state index in [1.54, 1.807) is 6.08 Å². The topological polar surface area (TPSA) is 56.1 Å². The van der Waals surface area contributed by atoms with Gasteiger partial charge in [0.05, 0.1) is 23.7 Å². The first-order valence-electron chi connectivity index (χ1n) is 12.2. The van der Waals surface area contributed by atoms with E-state index in [1.165, 1.54) is 5.56 Å². The average Bonchev–Trinajstić information content (AvgIpc) is 3.25. The summed E-state index contributed by atoms with van der Waals surface area (Å²) in [6.45, 7) is 7.69. The Bertz CT molecular complexity index is 1290. The molecule has 0 radical (unpaired) electrons. The molecule has 0 saturated carbocycles. The van der Waals surface area contributed by atoms with Gasteiger partial charge in [-0.05, 0) is 54.7 Å². The van der Waals surface area contributed by atoms with Crippen LogP contribution in [0, 0.1) is 0 Å². The smallest absolute Gasteiger partial charge is 0.244 e. The summed E-state index contributed by atoms with van der Waals surface area (Å²) < 4.78 is 8.33. The van der Waals surface area contributed by atoms with Crippen molar-refractivity contribution >= 4 is 23.0 Å². The molecule has 1 heterocycles. The maximum atomic E-state index is 12.6. The van der Waals surface area contributed by atoms with E-state index in [4.69, 9.17) is 9.72 Å². The predicted octanol–water partition coefficient (Wildman–Crippen LogP) is 6.52. The van der Waals surface area contributed by atoms with Crippen molar-refractivity contribution in [3.8, 4) is 5.75 Å². The van der Waals surface area contributed by atoms with Gasteiger partial charge in [-0.15, -0.1) is 0 Å². The minimum atomic E-state index is -0.238. The number of aryl methyl sites for hydroxylation is 1. The summed E-state index contributed by atoms with van der Waals surface area (Å²) in [6, 6.07) is 25.9. The van der Waals surface area contributed by atoms with Crippen LogP contribution in [0.4, 0.5) is 0 Å². The lowest BCUT2D eigenvalue weighted by molar-refractivity contribution is -0.117. The number of ether oxygens (including phenoxy) is 1. The van der Waals surface area contributed by atoms with Crippen LogP contribution in [-0.4, -0.2) is 22.1 Å². The number of hydrogen-bond acceptors (Lipinski definition) is 3. The molecule has 0 fully saturated rings. The van der Waals surface area contributed by atoms with E-state index < -0.39 is 0 Å². The van der Waals surface area contributed by atoms with Crippen LogP contribution in [0.3, 0.4) is 0 Å². The number of benzene rings is 3. The molecule has 180 valence electrons. The molecular formula is C30H33N3O2. The van der Waals surface area contributed by atoms with Crippen molar-refractivity contribution in [1.82, 2.24) is 14.9 Å². The van der Waals surface area contributed by atoms with Crippen molar-refractivity contribution in [2.45, 2.75) is 45.7 Å². The van der Waals surface area contributed by atoms with Crippen LogP contribution in [-0.2, 0) is 11.3 Å². The fourth-order valence-electron chi connectivity index (χ4n) is 4.22. The lowest BCUT2D eigenvalue weighted by Gasteiger charge is -2.17. The Morgan fingerprint density at radius 1 is 0.971 bits per heavy atom. The molecule has 4 aromatic rings. The van der Waals surface area contributed by atoms with Crippen LogP contribution in [0.25, 0.3) is 17.1 Å². The standard InChI is InChI=1S/C30H33N3O2/c1-22(2)25-14-7-10-17-28(25)35-21-11-20-33-27-16-9-8-15-26(27)32-30(33)23(3)31-29(34)19-18-24-12-5-4-6-13-24/h4-10,12-19,22-23H,11,20-21H2,1-3H3,(H,31,34)/b19-18-. The molecule has 3 aromatic carbocycles. The van der Waals surface area contributed by atoms with Crippen LogP contribution in [0.15, 0.2) is 84.9 Å². The SMILES string of the molecule is CC(C)c1ccccc1OCCCn1c(C(C)NC(=O)/C=C\c2ccccc2)nc2ccccc21. The maximum Gasteiger partial charge on any atom is 0.244 e. The summed E-state index contributed by atoms with van der Waals surface area (Å²) in [5.74, 6) is 2.06. The van der Waals surface area contributed by atoms with Crippen molar-refractivity contribution < 1.29 is 9.53 Å². The number of rotatable bonds is 10. The number of aromatic nitrogens is 2. The molecule has 0 aliphatic carbocycles. The Balaban J connectivity index is 1.44. The molecule has 1 unspecified atom stereocenters. The summed E-state index contributed by atoms with van der Waals surface area (Å²) >= 11 is 0. The summed E-state index contributed by atoms with van der Waals surface area (Å²) in [5.41, 5.74) is 4.20. The third kappa shape index (κ3) is 6.18. The van der Waals surface area contributed by atoms with Crippen molar-refractivity contribution in [2.24, 2.45) is 0 Å². The van der Waals surface area contributed by atoms with Gasteiger partial charge in [0.2, 0.25) is 5.91 Å². The molecule has 1 amide bonds. The molecule has 5 nitrogen and oxygen atoms in total. The highest BCUT2D eigenvalue weighted by molar-refractivity contribution is 5.92. The van der Waals surface area contributed by atoms with Gasteiger partial charge in [-0.1, -0.05) is 74.5 Å². The molecule has 0 aliphatic rings. The zero-order valence-corrected chi connectivity index (χ0v) is 20.6. The van der Waals surface area contributed by atoms with Gasteiger partial charge in [-0.2, -0.15) is 0 Å². The van der Waals surface area contributed by atoms with Gasteiger partial charge < -0.3 is 14.6 Å². The Labute approximate surface area is 207 Å². The van der Waals surface area contributed by atoms with E-state index in [1.807, 2.05) is 73.7 Å². The molecular weight excluding hydrogens is 434 g/mol. The van der Waals surface area contributed by atoms with Gasteiger partial charge in [0.25, 0.3) is 0 Å². The number of nitrogens with one attached hydrogen (secondary N) is 1. The predicted molar refractivity (Wildman–Crippen MR) is 142 cm³/mol. The second-order valence-electron chi connectivity index (χ2n) is 8.98. The highest BCUT2D eigenvalue weighted by Gasteiger charge is 2.17. The summed E-state index contributed by atoms with van der Waals surface area (Å²) in [4.78, 5) is 17.4. The van der Waals surface area contributed by atoms with Crippen LogP contribution in [0.5, 0.6) is 5.75 Å². The lowest BCUT2D eigenvalue weighted by atomic mass is 10.0. The number of nitrogens with zero attached hydrogens (tertiary/aromatic N) is 2. The normalized spacial score (nSPS) is 12.3. The Morgan fingerprint density at radius 3 is 2.49 bits per heavy atom. The molecule has 0 bridgehead atoms. The number of fused-ring (bicyclic) bond motifs is 1. The summed E-state index contributed by atoms with van der Waals surface area (Å²) in [6.07, 6.45) is 4.21. The highest BCUT2D eigenvalue weighted by Crippen LogP contribution is 2.26. The molecule has 35 heavy (non-hydrogen) atoms. The number of carbonyl (C=O) groups is 1. The molecule has 4 rings (SSSR count). The Hall–Kier alpha value is -3.86. The number of imidazole rings is 1. The van der Waals surface area contributed by atoms with Gasteiger partial charge in [-0.25, -0.2) is 4.98 Å². The molecule has 1 N–H and O–H groups in total. The van der Waals surface area contributed by atoms with E-state index in [0.29, 0.717) is 12.5 Å².